The van der Waals surface area contributed by atoms with Gasteiger partial charge in [0.25, 0.3) is 0 Å². The smallest absolute Gasteiger partial charge is 0 e. The van der Waals surface area contributed by atoms with Crippen molar-refractivity contribution in [1.82, 2.24) is 0 Å². The van der Waals surface area contributed by atoms with Crippen LogP contribution < -0.4 is 0 Å². The monoisotopic (exact) mass is 377 g/mol. The van der Waals surface area contributed by atoms with Gasteiger partial charge in [0.2, 0.25) is 0 Å². The molecule has 0 spiro atoms. The molecule has 0 amide bonds. The number of allylic oxidation sites excluding steroid dienone is 8. The average Bonchev–Trinajstić information content (AvgIpc) is 2.67. The topological polar surface area (TPSA) is 0 Å². The summed E-state index contributed by atoms with van der Waals surface area (Å²) in [5, 5.41) is 0. The Morgan fingerprint density at radius 2 is 2.09 bits per heavy atom. The summed E-state index contributed by atoms with van der Waals surface area (Å²) in [6.07, 6.45) is 20.0. The van der Waals surface area contributed by atoms with E-state index >= 15 is 0 Å². The van der Waals surface area contributed by atoms with Crippen LogP contribution in [0.3, 0.4) is 0 Å². The van der Waals surface area contributed by atoms with Crippen LogP contribution in [0.5, 0.6) is 0 Å². The Hall–Kier alpha value is -2.04. The second kappa shape index (κ2) is 6.09. The van der Waals surface area contributed by atoms with Crippen LogP contribution in [0.1, 0.15) is 12.8 Å². The summed E-state index contributed by atoms with van der Waals surface area (Å²) in [5.74, 6) is 0. The van der Waals surface area contributed by atoms with Gasteiger partial charge in [0.15, 0.2) is 0 Å². The number of hydrogen-bond acceptors (Lipinski definition) is 0. The van der Waals surface area contributed by atoms with E-state index in [1.807, 2.05) is 24.3 Å². The zero-order valence-electron chi connectivity index (χ0n) is 6.21. The SMILES string of the molecule is [Bk].[C-]1=CC=CC1.[C-]1=CCC=C1. The maximum absolute atomic E-state index is 2.99. The standard InChI is InChI=1S/2C5H5.Bk/c2*1-2-4-5-3-1;/h1-2,5H,3H2;1-3H,4H2;/q2*-1;. The van der Waals surface area contributed by atoms with E-state index in [1.165, 1.54) is 0 Å². The van der Waals surface area contributed by atoms with Gasteiger partial charge < -0.3 is 0 Å². The van der Waals surface area contributed by atoms with Gasteiger partial charge in [0.1, 0.15) is 0 Å². The molecule has 0 aliphatic heterocycles. The van der Waals surface area contributed by atoms with Crippen molar-refractivity contribution in [3.63, 3.8) is 0 Å². The van der Waals surface area contributed by atoms with Gasteiger partial charge in [0.05, 0.1) is 0 Å². The molecule has 0 saturated carbocycles. The quantitative estimate of drug-likeness (QED) is 0.570. The van der Waals surface area contributed by atoms with Crippen LogP contribution in [-0.4, -0.2) is 0 Å². The van der Waals surface area contributed by atoms with Crippen molar-refractivity contribution in [1.29, 1.82) is 0 Å². The molecular formula is C10H10Bk-2. The van der Waals surface area contributed by atoms with Crippen molar-refractivity contribution in [2.24, 2.45) is 0 Å². The predicted molar refractivity (Wildman–Crippen MR) is 43.1 cm³/mol. The van der Waals surface area contributed by atoms with Crippen molar-refractivity contribution in [2.45, 2.75) is 12.8 Å². The van der Waals surface area contributed by atoms with Crippen molar-refractivity contribution >= 4 is 0 Å². The Bertz CT molecular complexity index is 143. The molecule has 0 atom stereocenters. The molecule has 2 aliphatic carbocycles. The first-order valence-corrected chi connectivity index (χ1v) is 3.44. The molecule has 0 aromatic heterocycles. The van der Waals surface area contributed by atoms with Gasteiger partial charge in [-0.3, -0.25) is 12.2 Å². The predicted octanol–water partition coefficient (Wildman–Crippen LogP) is 2.61. The molecule has 2 rings (SSSR count). The Morgan fingerprint density at radius 3 is 2.27 bits per heavy atom. The Kier molecular flexibility index (Phi) is 4.96. The summed E-state index contributed by atoms with van der Waals surface area (Å²) in [6, 6.07) is 0. The van der Waals surface area contributed by atoms with Crippen LogP contribution >= 0.6 is 0 Å². The zero-order chi connectivity index (χ0) is 7.07. The summed E-state index contributed by atoms with van der Waals surface area (Å²) >= 11 is 0. The first kappa shape index (κ1) is 8.96. The molecule has 0 aromatic carbocycles. The second-order valence-corrected chi connectivity index (χ2v) is 2.01. The largest absolute Gasteiger partial charge is 0.273 e. The van der Waals surface area contributed by atoms with Gasteiger partial charge >= 0.3 is 0 Å². The summed E-state index contributed by atoms with van der Waals surface area (Å²) in [6.45, 7) is 0. The van der Waals surface area contributed by atoms with Crippen molar-refractivity contribution in [3.8, 4) is 0 Å². The minimum absolute atomic E-state index is 0. The molecule has 1 heteroatoms. The van der Waals surface area contributed by atoms with E-state index in [0.29, 0.717) is 0 Å². The van der Waals surface area contributed by atoms with Crippen LogP contribution in [0.2, 0.25) is 0 Å². The minimum atomic E-state index is 0. The van der Waals surface area contributed by atoms with Gasteiger partial charge in [0, 0.05) is 0 Å². The van der Waals surface area contributed by atoms with Crippen LogP contribution in [0, 0.1) is 12.2 Å². The molecule has 61 valence electrons. The van der Waals surface area contributed by atoms with Crippen molar-refractivity contribution in [2.75, 3.05) is 0 Å². The molecule has 0 unspecified atom stereocenters. The Labute approximate surface area is 62.3 Å². The Morgan fingerprint density at radius 1 is 1.18 bits per heavy atom. The summed E-state index contributed by atoms with van der Waals surface area (Å²) < 4.78 is 0. The molecule has 0 heterocycles. The van der Waals surface area contributed by atoms with Gasteiger partial charge in [-0.1, -0.05) is 0 Å². The maximum Gasteiger partial charge on any atom is 0 e. The molecule has 11 heavy (non-hydrogen) atoms. The first-order valence-electron chi connectivity index (χ1n) is 3.44. The Balaban J connectivity index is 0.000000167. The second-order valence-electron chi connectivity index (χ2n) is 2.01. The van der Waals surface area contributed by atoms with E-state index in [1.54, 1.807) is 0 Å². The number of hydrogen-bond donors (Lipinski definition) is 0. The third-order valence-corrected chi connectivity index (χ3v) is 1.17. The van der Waals surface area contributed by atoms with Gasteiger partial charge in [-0.25, -0.2) is 24.3 Å². The van der Waals surface area contributed by atoms with E-state index in [0.717, 1.165) is 12.8 Å². The van der Waals surface area contributed by atoms with Gasteiger partial charge in [-0.05, 0) is 0 Å². The van der Waals surface area contributed by atoms with E-state index in [-0.39, 0.29) is 0 Å². The summed E-state index contributed by atoms with van der Waals surface area (Å²) in [4.78, 5) is 0. The van der Waals surface area contributed by atoms with Crippen LogP contribution in [0.25, 0.3) is 0 Å². The molecule has 0 bridgehead atoms. The van der Waals surface area contributed by atoms with Gasteiger partial charge in [-0.15, -0.1) is 12.8 Å². The molecule has 0 N–H and O–H groups in total. The summed E-state index contributed by atoms with van der Waals surface area (Å²) in [5.41, 5.74) is 0. The maximum atomic E-state index is 2.99. The molecule has 1 radical (unpaired) electrons. The third-order valence-electron chi connectivity index (χ3n) is 1.17. The third kappa shape index (κ3) is 4.46. The van der Waals surface area contributed by atoms with E-state index in [9.17, 15) is 0 Å². The summed E-state index contributed by atoms with van der Waals surface area (Å²) in [7, 11) is 0. The fourth-order valence-electron chi connectivity index (χ4n) is 0.680. The molecule has 0 nitrogen and oxygen atoms in total. The van der Waals surface area contributed by atoms with E-state index in [4.69, 9.17) is 0 Å². The normalized spacial score (nSPS) is 16.0. The molecule has 0 fully saturated rings. The van der Waals surface area contributed by atoms with Crippen LogP contribution in [0.15, 0.2) is 36.5 Å². The fraction of sp³-hybridized carbons (Fsp3) is 0.200. The van der Waals surface area contributed by atoms with Crippen LogP contribution in [0.4, 0.5) is 0 Å². The van der Waals surface area contributed by atoms with E-state index < -0.39 is 0 Å². The van der Waals surface area contributed by atoms with E-state index in [2.05, 4.69) is 24.3 Å². The van der Waals surface area contributed by atoms with Gasteiger partial charge in [-0.2, -0.15) is 12.2 Å². The van der Waals surface area contributed by atoms with Crippen molar-refractivity contribution < 1.29 is 0 Å². The number of rotatable bonds is 0. The zero-order valence-corrected chi connectivity index (χ0v) is 8.99. The first-order chi connectivity index (χ1) is 5.00. The van der Waals surface area contributed by atoms with Crippen molar-refractivity contribution in [3.05, 3.63) is 48.6 Å². The average molecular weight is 377 g/mol. The molecule has 0 aromatic rings. The fourth-order valence-corrected chi connectivity index (χ4v) is 0.680. The van der Waals surface area contributed by atoms with Crippen LogP contribution in [-0.2, 0) is 0 Å². The molecule has 2 aliphatic rings. The minimum Gasteiger partial charge on any atom is -0.273 e. The molecule has 0 saturated heterocycles. The molecular weight excluding hydrogens is 367 g/mol.